The molecule has 6 heteroatoms. The van der Waals surface area contributed by atoms with Gasteiger partial charge in [-0.05, 0) is 75.1 Å². The van der Waals surface area contributed by atoms with E-state index >= 15 is 0 Å². The highest BCUT2D eigenvalue weighted by Crippen LogP contribution is 2.21. The molecule has 2 aromatic carbocycles. The Bertz CT molecular complexity index is 1080. The van der Waals surface area contributed by atoms with Crippen molar-refractivity contribution in [2.75, 3.05) is 7.11 Å². The number of hydrogen-bond acceptors (Lipinski definition) is 4. The number of nitrogens with zero attached hydrogens (tertiary/aromatic N) is 2. The zero-order valence-electron chi connectivity index (χ0n) is 18.7. The van der Waals surface area contributed by atoms with E-state index in [1.807, 2.05) is 68.8 Å². The Hall–Kier alpha value is -3.41. The standard InChI is InChI=1S/C25H29N3O3/c1-16-8-6-7-9-22(16)17(2)26-25(30)20-10-12-21(13-11-20)28-19(4)23(18(3)27-28)14-15-24(29)31-5/h6-13,17H,14-15H2,1-5H3,(H,26,30). The summed E-state index contributed by atoms with van der Waals surface area (Å²) in [5, 5.41) is 7.69. The molecule has 6 nitrogen and oxygen atoms in total. The smallest absolute Gasteiger partial charge is 0.305 e. The van der Waals surface area contributed by atoms with Crippen LogP contribution in [0, 0.1) is 20.8 Å². The Morgan fingerprint density at radius 2 is 1.74 bits per heavy atom. The molecule has 0 fully saturated rings. The van der Waals surface area contributed by atoms with Crippen molar-refractivity contribution in [3.8, 4) is 5.69 Å². The van der Waals surface area contributed by atoms with Crippen LogP contribution in [0.3, 0.4) is 0 Å². The molecule has 1 atom stereocenters. The molecule has 162 valence electrons. The Morgan fingerprint density at radius 3 is 2.39 bits per heavy atom. The second-order valence-corrected chi connectivity index (χ2v) is 7.74. The van der Waals surface area contributed by atoms with Gasteiger partial charge < -0.3 is 10.1 Å². The van der Waals surface area contributed by atoms with E-state index in [4.69, 9.17) is 4.74 Å². The number of carbonyl (C=O) groups excluding carboxylic acids is 2. The van der Waals surface area contributed by atoms with E-state index < -0.39 is 0 Å². The second-order valence-electron chi connectivity index (χ2n) is 7.74. The molecule has 31 heavy (non-hydrogen) atoms. The maximum Gasteiger partial charge on any atom is 0.305 e. The number of methoxy groups -OCH3 is 1. The average molecular weight is 420 g/mol. The van der Waals surface area contributed by atoms with Crippen molar-refractivity contribution < 1.29 is 14.3 Å². The second kappa shape index (κ2) is 9.60. The van der Waals surface area contributed by atoms with E-state index in [1.165, 1.54) is 7.11 Å². The molecule has 1 N–H and O–H groups in total. The first-order valence-corrected chi connectivity index (χ1v) is 10.4. The van der Waals surface area contributed by atoms with Crippen LogP contribution in [0.25, 0.3) is 5.69 Å². The van der Waals surface area contributed by atoms with Crippen LogP contribution in [-0.4, -0.2) is 28.8 Å². The fourth-order valence-corrected chi connectivity index (χ4v) is 3.80. The topological polar surface area (TPSA) is 73.2 Å². The summed E-state index contributed by atoms with van der Waals surface area (Å²) in [6, 6.07) is 15.3. The predicted molar refractivity (Wildman–Crippen MR) is 120 cm³/mol. The summed E-state index contributed by atoms with van der Waals surface area (Å²) in [6.45, 7) is 7.95. The minimum Gasteiger partial charge on any atom is -0.469 e. The summed E-state index contributed by atoms with van der Waals surface area (Å²) in [5.74, 6) is -0.351. The first-order valence-electron chi connectivity index (χ1n) is 10.4. The fraction of sp³-hybridized carbons (Fsp3) is 0.320. The van der Waals surface area contributed by atoms with Gasteiger partial charge in [0.2, 0.25) is 0 Å². The molecule has 0 aliphatic heterocycles. The van der Waals surface area contributed by atoms with Crippen molar-refractivity contribution in [2.45, 2.75) is 46.6 Å². The van der Waals surface area contributed by atoms with Crippen molar-refractivity contribution >= 4 is 11.9 Å². The molecule has 1 unspecified atom stereocenters. The normalized spacial score (nSPS) is 11.8. The van der Waals surface area contributed by atoms with Gasteiger partial charge in [-0.2, -0.15) is 5.10 Å². The highest BCUT2D eigenvalue weighted by atomic mass is 16.5. The van der Waals surface area contributed by atoms with Crippen LogP contribution in [0.1, 0.15) is 57.8 Å². The van der Waals surface area contributed by atoms with Crippen LogP contribution >= 0.6 is 0 Å². The highest BCUT2D eigenvalue weighted by Gasteiger charge is 2.16. The number of rotatable bonds is 7. The molecule has 0 saturated heterocycles. The number of aromatic nitrogens is 2. The zero-order chi connectivity index (χ0) is 22.5. The zero-order valence-corrected chi connectivity index (χ0v) is 18.7. The molecule has 3 aromatic rings. The molecule has 1 heterocycles. The molecule has 0 aliphatic carbocycles. The Balaban J connectivity index is 1.73. The summed E-state index contributed by atoms with van der Waals surface area (Å²) in [6.07, 6.45) is 0.906. The lowest BCUT2D eigenvalue weighted by Crippen LogP contribution is -2.27. The van der Waals surface area contributed by atoms with Gasteiger partial charge >= 0.3 is 5.97 Å². The number of carbonyl (C=O) groups is 2. The first-order chi connectivity index (χ1) is 14.8. The van der Waals surface area contributed by atoms with E-state index in [2.05, 4.69) is 10.4 Å². The number of aryl methyl sites for hydroxylation is 2. The predicted octanol–water partition coefficient (Wildman–Crippen LogP) is 4.39. The maximum absolute atomic E-state index is 12.7. The molecule has 0 radical (unpaired) electrons. The molecule has 1 aromatic heterocycles. The number of nitrogens with one attached hydrogen (secondary N) is 1. The van der Waals surface area contributed by atoms with E-state index in [0.29, 0.717) is 18.4 Å². The number of hydrogen-bond donors (Lipinski definition) is 1. The maximum atomic E-state index is 12.7. The third-order valence-electron chi connectivity index (χ3n) is 5.62. The molecule has 0 spiro atoms. The van der Waals surface area contributed by atoms with E-state index in [0.717, 1.165) is 33.8 Å². The third kappa shape index (κ3) is 5.02. The van der Waals surface area contributed by atoms with Gasteiger partial charge in [-0.3, -0.25) is 9.59 Å². The summed E-state index contributed by atoms with van der Waals surface area (Å²) >= 11 is 0. The van der Waals surface area contributed by atoms with Crippen LogP contribution in [0.2, 0.25) is 0 Å². The average Bonchev–Trinajstić information content (AvgIpc) is 3.05. The number of benzene rings is 2. The van der Waals surface area contributed by atoms with Gasteiger partial charge in [0.05, 0.1) is 24.5 Å². The van der Waals surface area contributed by atoms with Crippen molar-refractivity contribution in [1.82, 2.24) is 15.1 Å². The Labute approximate surface area is 183 Å². The third-order valence-corrected chi connectivity index (χ3v) is 5.62. The SMILES string of the molecule is COC(=O)CCc1c(C)nn(-c2ccc(C(=O)NC(C)c3ccccc3C)cc2)c1C. The quantitative estimate of drug-likeness (QED) is 0.576. The van der Waals surface area contributed by atoms with Crippen molar-refractivity contribution in [1.29, 1.82) is 0 Å². The molecule has 0 aliphatic rings. The monoisotopic (exact) mass is 419 g/mol. The van der Waals surface area contributed by atoms with Gasteiger partial charge in [-0.15, -0.1) is 0 Å². The summed E-state index contributed by atoms with van der Waals surface area (Å²) in [4.78, 5) is 24.2. The van der Waals surface area contributed by atoms with Crippen LogP contribution in [0.4, 0.5) is 0 Å². The van der Waals surface area contributed by atoms with Gasteiger partial charge in [0.15, 0.2) is 0 Å². The summed E-state index contributed by atoms with van der Waals surface area (Å²) < 4.78 is 6.58. The van der Waals surface area contributed by atoms with Gasteiger partial charge in [0, 0.05) is 17.7 Å². The molecular formula is C25H29N3O3. The van der Waals surface area contributed by atoms with E-state index in [-0.39, 0.29) is 17.9 Å². The lowest BCUT2D eigenvalue weighted by molar-refractivity contribution is -0.140. The summed E-state index contributed by atoms with van der Waals surface area (Å²) in [5.41, 5.74) is 6.62. The van der Waals surface area contributed by atoms with Crippen molar-refractivity contribution in [2.24, 2.45) is 0 Å². The van der Waals surface area contributed by atoms with Gasteiger partial charge in [0.1, 0.15) is 0 Å². The lowest BCUT2D eigenvalue weighted by atomic mass is 10.0. The van der Waals surface area contributed by atoms with Crippen molar-refractivity contribution in [3.63, 3.8) is 0 Å². The lowest BCUT2D eigenvalue weighted by Gasteiger charge is -2.16. The minimum atomic E-state index is -0.234. The van der Waals surface area contributed by atoms with Crippen LogP contribution in [-0.2, 0) is 16.0 Å². The Kier molecular flexibility index (Phi) is 6.90. The highest BCUT2D eigenvalue weighted by molar-refractivity contribution is 5.94. The minimum absolute atomic E-state index is 0.0817. The number of amides is 1. The van der Waals surface area contributed by atoms with Crippen molar-refractivity contribution in [3.05, 3.63) is 82.2 Å². The van der Waals surface area contributed by atoms with Gasteiger partial charge in [-0.25, -0.2) is 4.68 Å². The number of esters is 1. The molecule has 0 saturated carbocycles. The van der Waals surface area contributed by atoms with E-state index in [9.17, 15) is 9.59 Å². The van der Waals surface area contributed by atoms with Crippen LogP contribution in [0.5, 0.6) is 0 Å². The Morgan fingerprint density at radius 1 is 1.06 bits per heavy atom. The molecule has 3 rings (SSSR count). The van der Waals surface area contributed by atoms with Crippen LogP contribution < -0.4 is 5.32 Å². The van der Waals surface area contributed by atoms with Gasteiger partial charge in [-0.1, -0.05) is 24.3 Å². The van der Waals surface area contributed by atoms with E-state index in [1.54, 1.807) is 12.1 Å². The first kappa shape index (κ1) is 22.3. The number of ether oxygens (including phenoxy) is 1. The summed E-state index contributed by atoms with van der Waals surface area (Å²) in [7, 11) is 1.39. The van der Waals surface area contributed by atoms with Gasteiger partial charge in [0.25, 0.3) is 5.91 Å². The molecule has 1 amide bonds. The largest absolute Gasteiger partial charge is 0.469 e. The fourth-order valence-electron chi connectivity index (χ4n) is 3.80. The molecular weight excluding hydrogens is 390 g/mol. The van der Waals surface area contributed by atoms with Crippen LogP contribution in [0.15, 0.2) is 48.5 Å². The molecule has 0 bridgehead atoms.